The maximum Gasteiger partial charge on any atom is 0.239 e. The van der Waals surface area contributed by atoms with Gasteiger partial charge in [0, 0.05) is 19.3 Å². The van der Waals surface area contributed by atoms with Gasteiger partial charge >= 0.3 is 0 Å². The zero-order chi connectivity index (χ0) is 13.4. The van der Waals surface area contributed by atoms with E-state index < -0.39 is 0 Å². The minimum absolute atomic E-state index is 0.0379. The lowest BCUT2D eigenvalue weighted by Gasteiger charge is -2.05. The van der Waals surface area contributed by atoms with Crippen LogP contribution in [0.3, 0.4) is 0 Å². The topological polar surface area (TPSA) is 59.0 Å². The van der Waals surface area contributed by atoms with Gasteiger partial charge in [-0.1, -0.05) is 20.8 Å². The Morgan fingerprint density at radius 1 is 1.50 bits per heavy atom. The van der Waals surface area contributed by atoms with Gasteiger partial charge in [0.1, 0.15) is 6.54 Å². The number of carbonyl (C=O) groups is 1. The number of nitrogens with zero attached hydrogens (tertiary/aromatic N) is 2. The van der Waals surface area contributed by atoms with Gasteiger partial charge in [-0.3, -0.25) is 4.79 Å². The molecule has 0 saturated carbocycles. The average molecular weight is 252 g/mol. The zero-order valence-corrected chi connectivity index (χ0v) is 11.6. The predicted octanol–water partition coefficient (Wildman–Crippen LogP) is 1.15. The normalized spacial score (nSPS) is 10.9. The van der Waals surface area contributed by atoms with Gasteiger partial charge in [0.25, 0.3) is 0 Å². The summed E-state index contributed by atoms with van der Waals surface area (Å²) in [5.41, 5.74) is 0.971. The zero-order valence-electron chi connectivity index (χ0n) is 11.6. The van der Waals surface area contributed by atoms with E-state index in [0.717, 1.165) is 31.7 Å². The molecular formula is C13H24N4O. The highest BCUT2D eigenvalue weighted by Gasteiger charge is 2.03. The largest absolute Gasteiger partial charge is 0.355 e. The molecule has 5 heteroatoms. The SMILES string of the molecule is CCCNC(=O)Cn1cnc(CNCC(C)C)c1. The second-order valence-corrected chi connectivity index (χ2v) is 4.91. The van der Waals surface area contributed by atoms with E-state index in [4.69, 9.17) is 0 Å². The number of nitrogens with one attached hydrogen (secondary N) is 2. The quantitative estimate of drug-likeness (QED) is 0.730. The number of aromatic nitrogens is 2. The standard InChI is InChI=1S/C13H24N4O/c1-4-5-15-13(18)9-17-8-12(16-10-17)7-14-6-11(2)3/h8,10-11,14H,4-7,9H2,1-3H3,(H,15,18). The highest BCUT2D eigenvalue weighted by atomic mass is 16.1. The Kier molecular flexibility index (Phi) is 6.43. The number of carbonyl (C=O) groups excluding carboxylic acids is 1. The fraction of sp³-hybridized carbons (Fsp3) is 0.692. The molecule has 0 aliphatic heterocycles. The van der Waals surface area contributed by atoms with E-state index in [1.807, 2.05) is 17.7 Å². The maximum atomic E-state index is 11.5. The number of hydrogen-bond donors (Lipinski definition) is 2. The smallest absolute Gasteiger partial charge is 0.239 e. The minimum atomic E-state index is 0.0379. The van der Waals surface area contributed by atoms with E-state index in [1.54, 1.807) is 6.33 Å². The van der Waals surface area contributed by atoms with E-state index in [-0.39, 0.29) is 5.91 Å². The van der Waals surface area contributed by atoms with Crippen molar-refractivity contribution in [2.75, 3.05) is 13.1 Å². The van der Waals surface area contributed by atoms with Crippen LogP contribution in [0.4, 0.5) is 0 Å². The first-order valence-electron chi connectivity index (χ1n) is 6.60. The van der Waals surface area contributed by atoms with Crippen molar-refractivity contribution in [3.05, 3.63) is 18.2 Å². The van der Waals surface area contributed by atoms with Crippen LogP contribution in [-0.2, 0) is 17.9 Å². The summed E-state index contributed by atoms with van der Waals surface area (Å²) in [6, 6.07) is 0. The van der Waals surface area contributed by atoms with Crippen molar-refractivity contribution >= 4 is 5.91 Å². The van der Waals surface area contributed by atoms with Gasteiger partial charge in [0.15, 0.2) is 0 Å². The number of hydrogen-bond acceptors (Lipinski definition) is 3. The number of amides is 1. The van der Waals surface area contributed by atoms with Crippen molar-refractivity contribution in [3.8, 4) is 0 Å². The van der Waals surface area contributed by atoms with Crippen molar-refractivity contribution in [1.82, 2.24) is 20.2 Å². The molecule has 0 spiro atoms. The molecule has 1 aromatic rings. The third kappa shape index (κ3) is 5.82. The molecular weight excluding hydrogens is 228 g/mol. The molecule has 0 bridgehead atoms. The number of rotatable bonds is 8. The molecule has 0 unspecified atom stereocenters. The molecule has 0 radical (unpaired) electrons. The molecule has 0 saturated heterocycles. The molecule has 1 heterocycles. The van der Waals surface area contributed by atoms with Crippen LogP contribution in [0.2, 0.25) is 0 Å². The minimum Gasteiger partial charge on any atom is -0.355 e. The van der Waals surface area contributed by atoms with Crippen LogP contribution < -0.4 is 10.6 Å². The molecule has 18 heavy (non-hydrogen) atoms. The highest BCUT2D eigenvalue weighted by molar-refractivity contribution is 5.75. The summed E-state index contributed by atoms with van der Waals surface area (Å²) in [6.07, 6.45) is 4.58. The van der Waals surface area contributed by atoms with Gasteiger partial charge < -0.3 is 15.2 Å². The molecule has 0 aromatic carbocycles. The Morgan fingerprint density at radius 3 is 2.94 bits per heavy atom. The molecule has 1 aromatic heterocycles. The number of imidazole rings is 1. The monoisotopic (exact) mass is 252 g/mol. The molecule has 102 valence electrons. The van der Waals surface area contributed by atoms with Crippen LogP contribution in [-0.4, -0.2) is 28.5 Å². The van der Waals surface area contributed by atoms with Crippen LogP contribution in [0.1, 0.15) is 32.9 Å². The second-order valence-electron chi connectivity index (χ2n) is 4.91. The Labute approximate surface area is 109 Å². The molecule has 5 nitrogen and oxygen atoms in total. The molecule has 0 atom stereocenters. The Bertz CT molecular complexity index is 360. The van der Waals surface area contributed by atoms with Crippen LogP contribution in [0, 0.1) is 5.92 Å². The third-order valence-corrected chi connectivity index (χ3v) is 2.44. The second kappa shape index (κ2) is 7.87. The van der Waals surface area contributed by atoms with Gasteiger partial charge in [-0.2, -0.15) is 0 Å². The molecule has 2 N–H and O–H groups in total. The van der Waals surface area contributed by atoms with E-state index >= 15 is 0 Å². The van der Waals surface area contributed by atoms with Crippen molar-refractivity contribution in [2.24, 2.45) is 5.92 Å². The van der Waals surface area contributed by atoms with Gasteiger partial charge in [-0.05, 0) is 18.9 Å². The highest BCUT2D eigenvalue weighted by Crippen LogP contribution is 1.97. The summed E-state index contributed by atoms with van der Waals surface area (Å²) in [4.78, 5) is 15.8. The fourth-order valence-corrected chi connectivity index (χ4v) is 1.56. The van der Waals surface area contributed by atoms with Crippen LogP contribution in [0.5, 0.6) is 0 Å². The van der Waals surface area contributed by atoms with E-state index in [0.29, 0.717) is 12.5 Å². The van der Waals surface area contributed by atoms with Gasteiger partial charge in [0.2, 0.25) is 5.91 Å². The first-order valence-corrected chi connectivity index (χ1v) is 6.60. The lowest BCUT2D eigenvalue weighted by atomic mass is 10.2. The van der Waals surface area contributed by atoms with E-state index in [9.17, 15) is 4.79 Å². The summed E-state index contributed by atoms with van der Waals surface area (Å²) < 4.78 is 1.82. The van der Waals surface area contributed by atoms with Gasteiger partial charge in [0.05, 0.1) is 12.0 Å². The van der Waals surface area contributed by atoms with Crippen molar-refractivity contribution in [1.29, 1.82) is 0 Å². The lowest BCUT2D eigenvalue weighted by molar-refractivity contribution is -0.121. The third-order valence-electron chi connectivity index (χ3n) is 2.44. The average Bonchev–Trinajstić information content (AvgIpc) is 2.73. The molecule has 0 aliphatic carbocycles. The van der Waals surface area contributed by atoms with E-state index in [1.165, 1.54) is 0 Å². The van der Waals surface area contributed by atoms with E-state index in [2.05, 4.69) is 29.5 Å². The molecule has 0 fully saturated rings. The van der Waals surface area contributed by atoms with Crippen molar-refractivity contribution in [2.45, 2.75) is 40.3 Å². The summed E-state index contributed by atoms with van der Waals surface area (Å²) in [7, 11) is 0. The van der Waals surface area contributed by atoms with Gasteiger partial charge in [-0.25, -0.2) is 4.98 Å². The van der Waals surface area contributed by atoms with Crippen LogP contribution in [0.25, 0.3) is 0 Å². The molecule has 0 aliphatic rings. The molecule has 1 amide bonds. The summed E-state index contributed by atoms with van der Waals surface area (Å²) >= 11 is 0. The van der Waals surface area contributed by atoms with Gasteiger partial charge in [-0.15, -0.1) is 0 Å². The Morgan fingerprint density at radius 2 is 2.28 bits per heavy atom. The summed E-state index contributed by atoms with van der Waals surface area (Å²) in [5.74, 6) is 0.669. The first kappa shape index (κ1) is 14.7. The van der Waals surface area contributed by atoms with Crippen LogP contribution in [0.15, 0.2) is 12.5 Å². The summed E-state index contributed by atoms with van der Waals surface area (Å²) in [5, 5.41) is 6.17. The Hall–Kier alpha value is -1.36. The van der Waals surface area contributed by atoms with Crippen molar-refractivity contribution < 1.29 is 4.79 Å². The fourth-order valence-electron chi connectivity index (χ4n) is 1.56. The van der Waals surface area contributed by atoms with Crippen LogP contribution >= 0.6 is 0 Å². The Balaban J connectivity index is 2.31. The molecule has 1 rings (SSSR count). The summed E-state index contributed by atoms with van der Waals surface area (Å²) in [6.45, 7) is 9.18. The van der Waals surface area contributed by atoms with Crippen molar-refractivity contribution in [3.63, 3.8) is 0 Å². The maximum absolute atomic E-state index is 11.5. The first-order chi connectivity index (χ1) is 8.61. The predicted molar refractivity (Wildman–Crippen MR) is 72.1 cm³/mol. The lowest BCUT2D eigenvalue weighted by Crippen LogP contribution is -2.27.